The Bertz CT molecular complexity index is 1230. The highest BCUT2D eigenvalue weighted by molar-refractivity contribution is 7.13. The number of halogens is 3. The summed E-state index contributed by atoms with van der Waals surface area (Å²) in [7, 11) is 1.69. The van der Waals surface area contributed by atoms with Crippen LogP contribution in [-0.2, 0) is 18.2 Å². The fourth-order valence-electron chi connectivity index (χ4n) is 4.21. The summed E-state index contributed by atoms with van der Waals surface area (Å²) in [6.45, 7) is 0.137. The number of aromatic nitrogens is 3. The number of alkyl halides is 1. The molecule has 3 N–H and O–H groups in total. The normalized spacial score (nSPS) is 22.2. The van der Waals surface area contributed by atoms with E-state index < -0.39 is 35.9 Å². The molecule has 2 aromatic heterocycles. The molecule has 0 aliphatic carbocycles. The zero-order valence-corrected chi connectivity index (χ0v) is 19.0. The van der Waals surface area contributed by atoms with E-state index in [9.17, 15) is 18.0 Å². The molecule has 3 aromatic rings. The van der Waals surface area contributed by atoms with Gasteiger partial charge in [-0.05, 0) is 18.9 Å². The first-order valence-corrected chi connectivity index (χ1v) is 11.7. The highest BCUT2D eigenvalue weighted by atomic mass is 32.1. The summed E-state index contributed by atoms with van der Waals surface area (Å²) in [6, 6.07) is 0.625. The monoisotopic (exact) mass is 493 g/mol. The standard InChI is InChI=1S/C22H22F3N5O3S/c1-30-19(16-3-2-13(26)12(24)8-33-16)14(7-27-30)28-21(31)15-9-34-22(29-15)17-11(23)6-10-4-5-32-20(10)18(17)25/h6-7,9,12-13,16H,2-5,8,26H2,1H3,(H,28,31)/t12-,13-,16+/m1/s1. The molecule has 0 radical (unpaired) electrons. The number of benzene rings is 1. The van der Waals surface area contributed by atoms with Gasteiger partial charge < -0.3 is 20.5 Å². The van der Waals surface area contributed by atoms with E-state index >= 15 is 0 Å². The predicted molar refractivity (Wildman–Crippen MR) is 119 cm³/mol. The number of carbonyl (C=O) groups is 1. The number of nitrogens with zero attached hydrogens (tertiary/aromatic N) is 3. The van der Waals surface area contributed by atoms with Crippen molar-refractivity contribution in [2.24, 2.45) is 12.8 Å². The number of hydrogen-bond donors (Lipinski definition) is 2. The SMILES string of the molecule is Cn1ncc(NC(=O)c2csc(-c3c(F)cc4c(c3F)OCC4)n2)c1[C@@H]1CC[C@@H](N)[C@H](F)CO1. The van der Waals surface area contributed by atoms with E-state index in [1.54, 1.807) is 11.7 Å². The molecule has 0 unspecified atom stereocenters. The number of anilines is 1. The molecule has 12 heteroatoms. The summed E-state index contributed by atoms with van der Waals surface area (Å²) in [4.78, 5) is 17.0. The first kappa shape index (κ1) is 22.8. The van der Waals surface area contributed by atoms with Gasteiger partial charge in [-0.15, -0.1) is 11.3 Å². The number of aryl methyl sites for hydroxylation is 1. The maximum absolute atomic E-state index is 14.9. The van der Waals surface area contributed by atoms with Gasteiger partial charge in [-0.2, -0.15) is 5.10 Å². The fraction of sp³-hybridized carbons (Fsp3) is 0.409. The summed E-state index contributed by atoms with van der Waals surface area (Å²) in [5.41, 5.74) is 6.89. The number of amides is 1. The van der Waals surface area contributed by atoms with Crippen LogP contribution >= 0.6 is 11.3 Å². The molecule has 180 valence electrons. The van der Waals surface area contributed by atoms with Crippen molar-refractivity contribution in [2.75, 3.05) is 18.5 Å². The van der Waals surface area contributed by atoms with Crippen molar-refractivity contribution in [1.82, 2.24) is 14.8 Å². The number of ether oxygens (including phenoxy) is 2. The van der Waals surface area contributed by atoms with Gasteiger partial charge in [0.1, 0.15) is 28.8 Å². The van der Waals surface area contributed by atoms with Crippen molar-refractivity contribution in [2.45, 2.75) is 37.6 Å². The summed E-state index contributed by atoms with van der Waals surface area (Å²) < 4.78 is 55.9. The second-order valence-corrected chi connectivity index (χ2v) is 9.13. The molecule has 4 heterocycles. The maximum Gasteiger partial charge on any atom is 0.275 e. The molecule has 1 fully saturated rings. The number of carbonyl (C=O) groups excluding carboxylic acids is 1. The van der Waals surface area contributed by atoms with Crippen molar-refractivity contribution in [3.8, 4) is 16.3 Å². The molecule has 3 atom stereocenters. The Balaban J connectivity index is 1.38. The number of fused-ring (bicyclic) bond motifs is 1. The second kappa shape index (κ2) is 9.01. The van der Waals surface area contributed by atoms with Crippen LogP contribution in [0.1, 0.15) is 40.7 Å². The van der Waals surface area contributed by atoms with Crippen LogP contribution in [0.3, 0.4) is 0 Å². The average Bonchev–Trinajstić information content (AvgIpc) is 3.52. The zero-order chi connectivity index (χ0) is 24.0. The van der Waals surface area contributed by atoms with Crippen LogP contribution < -0.4 is 15.8 Å². The summed E-state index contributed by atoms with van der Waals surface area (Å²) in [6.07, 6.45) is 1.00. The Kier molecular flexibility index (Phi) is 6.04. The number of hydrogen-bond acceptors (Lipinski definition) is 7. The zero-order valence-electron chi connectivity index (χ0n) is 18.2. The van der Waals surface area contributed by atoms with Gasteiger partial charge in [0.2, 0.25) is 0 Å². The second-order valence-electron chi connectivity index (χ2n) is 8.27. The van der Waals surface area contributed by atoms with Gasteiger partial charge in [0.05, 0.1) is 36.4 Å². The van der Waals surface area contributed by atoms with Crippen LogP contribution in [0.5, 0.6) is 5.75 Å². The topological polar surface area (TPSA) is 104 Å². The molecule has 8 nitrogen and oxygen atoms in total. The van der Waals surface area contributed by atoms with Gasteiger partial charge in [-0.25, -0.2) is 18.2 Å². The molecule has 0 bridgehead atoms. The lowest BCUT2D eigenvalue weighted by atomic mass is 10.0. The van der Waals surface area contributed by atoms with E-state index in [2.05, 4.69) is 15.4 Å². The number of thiazole rings is 1. The fourth-order valence-corrected chi connectivity index (χ4v) is 5.05. The van der Waals surface area contributed by atoms with E-state index in [0.717, 1.165) is 11.3 Å². The van der Waals surface area contributed by atoms with Crippen molar-refractivity contribution >= 4 is 22.9 Å². The van der Waals surface area contributed by atoms with E-state index in [1.165, 1.54) is 17.6 Å². The molecule has 0 saturated carbocycles. The molecule has 1 saturated heterocycles. The van der Waals surface area contributed by atoms with Crippen molar-refractivity contribution in [3.63, 3.8) is 0 Å². The van der Waals surface area contributed by atoms with Crippen molar-refractivity contribution in [3.05, 3.63) is 46.2 Å². The first-order chi connectivity index (χ1) is 16.3. The Morgan fingerprint density at radius 2 is 2.18 bits per heavy atom. The molecular weight excluding hydrogens is 471 g/mol. The summed E-state index contributed by atoms with van der Waals surface area (Å²) in [5.74, 6) is -2.13. The van der Waals surface area contributed by atoms with Gasteiger partial charge in [0, 0.05) is 30.5 Å². The van der Waals surface area contributed by atoms with Crippen molar-refractivity contribution in [1.29, 1.82) is 0 Å². The Morgan fingerprint density at radius 3 is 3.00 bits per heavy atom. The number of nitrogens with two attached hydrogens (primary N) is 1. The molecule has 1 aromatic carbocycles. The molecule has 2 aliphatic heterocycles. The Hall–Kier alpha value is -2.96. The molecule has 0 spiro atoms. The minimum Gasteiger partial charge on any atom is -0.490 e. The number of rotatable bonds is 4. The highest BCUT2D eigenvalue weighted by Crippen LogP contribution is 2.39. The lowest BCUT2D eigenvalue weighted by Gasteiger charge is -2.17. The van der Waals surface area contributed by atoms with Crippen LogP contribution in [0, 0.1) is 11.6 Å². The molecule has 1 amide bonds. The minimum atomic E-state index is -1.27. The van der Waals surface area contributed by atoms with Gasteiger partial charge in [-0.1, -0.05) is 0 Å². The Labute approximate surface area is 196 Å². The Morgan fingerprint density at radius 1 is 1.35 bits per heavy atom. The minimum absolute atomic E-state index is 0.0114. The molecule has 5 rings (SSSR count). The van der Waals surface area contributed by atoms with E-state index in [1.807, 2.05) is 0 Å². The third-order valence-corrected chi connectivity index (χ3v) is 6.90. The van der Waals surface area contributed by atoms with Crippen LogP contribution in [-0.4, -0.2) is 46.1 Å². The highest BCUT2D eigenvalue weighted by Gasteiger charge is 2.30. The average molecular weight is 494 g/mol. The van der Waals surface area contributed by atoms with Crippen LogP contribution in [0.15, 0.2) is 17.6 Å². The van der Waals surface area contributed by atoms with Gasteiger partial charge in [-0.3, -0.25) is 9.48 Å². The summed E-state index contributed by atoms with van der Waals surface area (Å²) in [5, 5.41) is 8.36. The van der Waals surface area contributed by atoms with Crippen LogP contribution in [0.2, 0.25) is 0 Å². The van der Waals surface area contributed by atoms with E-state index in [-0.39, 0.29) is 35.2 Å². The van der Waals surface area contributed by atoms with Gasteiger partial charge >= 0.3 is 0 Å². The van der Waals surface area contributed by atoms with Crippen molar-refractivity contribution < 1.29 is 27.4 Å². The molecule has 34 heavy (non-hydrogen) atoms. The van der Waals surface area contributed by atoms with E-state index in [4.69, 9.17) is 15.2 Å². The molecular formula is C22H22F3N5O3S. The lowest BCUT2D eigenvalue weighted by Crippen LogP contribution is -2.32. The summed E-state index contributed by atoms with van der Waals surface area (Å²) >= 11 is 0.947. The van der Waals surface area contributed by atoms with Crippen LogP contribution in [0.4, 0.5) is 18.9 Å². The quantitative estimate of drug-likeness (QED) is 0.576. The van der Waals surface area contributed by atoms with Crippen LogP contribution in [0.25, 0.3) is 10.6 Å². The predicted octanol–water partition coefficient (Wildman–Crippen LogP) is 3.53. The van der Waals surface area contributed by atoms with Gasteiger partial charge in [0.15, 0.2) is 11.6 Å². The third kappa shape index (κ3) is 4.05. The lowest BCUT2D eigenvalue weighted by molar-refractivity contribution is 0.0247. The van der Waals surface area contributed by atoms with E-state index in [0.29, 0.717) is 36.2 Å². The van der Waals surface area contributed by atoms with Gasteiger partial charge in [0.25, 0.3) is 5.91 Å². The maximum atomic E-state index is 14.9. The first-order valence-electron chi connectivity index (χ1n) is 10.8. The third-order valence-electron chi connectivity index (χ3n) is 6.04. The smallest absolute Gasteiger partial charge is 0.275 e. The number of nitrogens with one attached hydrogen (secondary N) is 1. The largest absolute Gasteiger partial charge is 0.490 e. The molecule has 2 aliphatic rings.